The van der Waals surface area contributed by atoms with Crippen molar-refractivity contribution in [2.75, 3.05) is 10.6 Å². The molecule has 2 rings (SSSR count). The van der Waals surface area contributed by atoms with Gasteiger partial charge in [-0.05, 0) is 62.2 Å². The van der Waals surface area contributed by atoms with Crippen molar-refractivity contribution >= 4 is 23.4 Å². The van der Waals surface area contributed by atoms with E-state index in [1.54, 1.807) is 42.5 Å². The highest BCUT2D eigenvalue weighted by atomic mass is 16.5. The molecule has 0 aliphatic rings. The van der Waals surface area contributed by atoms with Crippen molar-refractivity contribution in [2.24, 2.45) is 0 Å². The van der Waals surface area contributed by atoms with Crippen LogP contribution in [-0.2, 0) is 11.2 Å². The summed E-state index contributed by atoms with van der Waals surface area (Å²) < 4.78 is 5.55. The van der Waals surface area contributed by atoms with Gasteiger partial charge in [0, 0.05) is 17.8 Å². The summed E-state index contributed by atoms with van der Waals surface area (Å²) in [5, 5.41) is 14.2. The van der Waals surface area contributed by atoms with Gasteiger partial charge in [0.15, 0.2) is 0 Å². The fourth-order valence-corrected chi connectivity index (χ4v) is 2.24. The summed E-state index contributed by atoms with van der Waals surface area (Å²) >= 11 is 0. The van der Waals surface area contributed by atoms with Crippen LogP contribution in [0.15, 0.2) is 48.5 Å². The van der Waals surface area contributed by atoms with Crippen LogP contribution in [0.3, 0.4) is 0 Å². The SMILES string of the molecule is CC(C)Oc1ccc(NC(=O)Nc2cccc(CCC(=O)O)c2)cc1. The van der Waals surface area contributed by atoms with Crippen molar-refractivity contribution in [1.82, 2.24) is 0 Å². The van der Waals surface area contributed by atoms with Crippen LogP contribution in [0.25, 0.3) is 0 Å². The minimum atomic E-state index is -0.846. The van der Waals surface area contributed by atoms with E-state index in [0.717, 1.165) is 11.3 Å². The van der Waals surface area contributed by atoms with E-state index in [4.69, 9.17) is 9.84 Å². The summed E-state index contributed by atoms with van der Waals surface area (Å²) in [5.41, 5.74) is 2.12. The number of rotatable bonds is 7. The molecule has 25 heavy (non-hydrogen) atoms. The first-order valence-corrected chi connectivity index (χ1v) is 8.08. The lowest BCUT2D eigenvalue weighted by molar-refractivity contribution is -0.136. The molecule has 3 N–H and O–H groups in total. The fourth-order valence-electron chi connectivity index (χ4n) is 2.24. The average Bonchev–Trinajstić information content (AvgIpc) is 2.54. The second-order valence-corrected chi connectivity index (χ2v) is 5.86. The monoisotopic (exact) mass is 342 g/mol. The van der Waals surface area contributed by atoms with Crippen LogP contribution in [0.4, 0.5) is 16.2 Å². The van der Waals surface area contributed by atoms with Crippen molar-refractivity contribution in [2.45, 2.75) is 32.8 Å². The van der Waals surface area contributed by atoms with Gasteiger partial charge in [-0.3, -0.25) is 4.79 Å². The molecular weight excluding hydrogens is 320 g/mol. The lowest BCUT2D eigenvalue weighted by Gasteiger charge is -2.11. The van der Waals surface area contributed by atoms with Gasteiger partial charge >= 0.3 is 12.0 Å². The maximum atomic E-state index is 12.1. The second-order valence-electron chi connectivity index (χ2n) is 5.86. The van der Waals surface area contributed by atoms with E-state index in [0.29, 0.717) is 17.8 Å². The standard InChI is InChI=1S/C19H22N2O4/c1-13(2)25-17-9-7-15(8-10-17)20-19(24)21-16-5-3-4-14(12-16)6-11-18(22)23/h3-5,7-10,12-13H,6,11H2,1-2H3,(H,22,23)(H2,20,21,24). The number of benzene rings is 2. The molecule has 132 valence electrons. The molecule has 2 aromatic rings. The Labute approximate surface area is 146 Å². The largest absolute Gasteiger partial charge is 0.491 e. The zero-order chi connectivity index (χ0) is 18.2. The van der Waals surface area contributed by atoms with Crippen molar-refractivity contribution < 1.29 is 19.4 Å². The van der Waals surface area contributed by atoms with Gasteiger partial charge in [0.05, 0.1) is 6.10 Å². The van der Waals surface area contributed by atoms with E-state index in [9.17, 15) is 9.59 Å². The van der Waals surface area contributed by atoms with Gasteiger partial charge in [-0.1, -0.05) is 12.1 Å². The number of carboxylic acid groups (broad SMARTS) is 1. The number of carbonyl (C=O) groups is 2. The maximum absolute atomic E-state index is 12.1. The molecule has 2 aromatic carbocycles. The van der Waals surface area contributed by atoms with Crippen LogP contribution < -0.4 is 15.4 Å². The van der Waals surface area contributed by atoms with Crippen LogP contribution in [0, 0.1) is 0 Å². The predicted molar refractivity (Wildman–Crippen MR) is 97.2 cm³/mol. The Morgan fingerprint density at radius 1 is 1.04 bits per heavy atom. The van der Waals surface area contributed by atoms with Crippen LogP contribution in [0.2, 0.25) is 0 Å². The molecule has 0 saturated heterocycles. The quantitative estimate of drug-likeness (QED) is 0.706. The van der Waals surface area contributed by atoms with Crippen molar-refractivity contribution in [3.8, 4) is 5.75 Å². The predicted octanol–water partition coefficient (Wildman–Crippen LogP) is 4.14. The lowest BCUT2D eigenvalue weighted by atomic mass is 10.1. The number of hydrogen-bond donors (Lipinski definition) is 3. The first-order chi connectivity index (χ1) is 11.9. The molecule has 6 heteroatoms. The van der Waals surface area contributed by atoms with E-state index >= 15 is 0 Å². The lowest BCUT2D eigenvalue weighted by Crippen LogP contribution is -2.19. The number of ether oxygens (including phenoxy) is 1. The van der Waals surface area contributed by atoms with Crippen LogP contribution in [0.5, 0.6) is 5.75 Å². The highest BCUT2D eigenvalue weighted by molar-refractivity contribution is 5.99. The zero-order valence-corrected chi connectivity index (χ0v) is 14.3. The highest BCUT2D eigenvalue weighted by Crippen LogP contribution is 2.18. The molecule has 0 aromatic heterocycles. The molecule has 0 unspecified atom stereocenters. The molecule has 0 atom stereocenters. The number of amides is 2. The molecule has 2 amide bonds. The van der Waals surface area contributed by atoms with Crippen molar-refractivity contribution in [1.29, 1.82) is 0 Å². The van der Waals surface area contributed by atoms with Crippen molar-refractivity contribution in [3.63, 3.8) is 0 Å². The zero-order valence-electron chi connectivity index (χ0n) is 14.3. The Morgan fingerprint density at radius 3 is 2.36 bits per heavy atom. The molecule has 0 aliphatic carbocycles. The van der Waals surface area contributed by atoms with Gasteiger partial charge in [-0.15, -0.1) is 0 Å². The molecule has 0 radical (unpaired) electrons. The molecule has 0 heterocycles. The molecule has 0 spiro atoms. The summed E-state index contributed by atoms with van der Waals surface area (Å²) in [6.07, 6.45) is 0.569. The summed E-state index contributed by atoms with van der Waals surface area (Å²) in [7, 11) is 0. The normalized spacial score (nSPS) is 10.4. The van der Waals surface area contributed by atoms with Gasteiger partial charge in [0.2, 0.25) is 0 Å². The third-order valence-electron chi connectivity index (χ3n) is 3.30. The van der Waals surface area contributed by atoms with Crippen LogP contribution in [-0.4, -0.2) is 23.2 Å². The van der Waals surface area contributed by atoms with E-state index in [1.807, 2.05) is 19.9 Å². The summed E-state index contributed by atoms with van der Waals surface area (Å²) in [6.45, 7) is 3.90. The number of carbonyl (C=O) groups excluding carboxylic acids is 1. The minimum absolute atomic E-state index is 0.0560. The maximum Gasteiger partial charge on any atom is 0.323 e. The number of aryl methyl sites for hydroxylation is 1. The Morgan fingerprint density at radius 2 is 1.72 bits per heavy atom. The van der Waals surface area contributed by atoms with Gasteiger partial charge in [-0.25, -0.2) is 4.79 Å². The molecule has 6 nitrogen and oxygen atoms in total. The number of aliphatic carboxylic acids is 1. The molecule has 0 saturated carbocycles. The Hall–Kier alpha value is -3.02. The number of urea groups is 1. The van der Waals surface area contributed by atoms with Gasteiger partial charge < -0.3 is 20.5 Å². The van der Waals surface area contributed by atoms with Crippen LogP contribution >= 0.6 is 0 Å². The fraction of sp³-hybridized carbons (Fsp3) is 0.263. The van der Waals surface area contributed by atoms with E-state index in [-0.39, 0.29) is 18.6 Å². The van der Waals surface area contributed by atoms with Gasteiger partial charge in [-0.2, -0.15) is 0 Å². The summed E-state index contributed by atoms with van der Waals surface area (Å²) in [4.78, 5) is 22.7. The number of anilines is 2. The minimum Gasteiger partial charge on any atom is -0.491 e. The third kappa shape index (κ3) is 6.55. The molecule has 0 aliphatic heterocycles. The third-order valence-corrected chi connectivity index (χ3v) is 3.30. The number of hydrogen-bond acceptors (Lipinski definition) is 3. The van der Waals surface area contributed by atoms with Gasteiger partial charge in [0.1, 0.15) is 5.75 Å². The number of carboxylic acids is 1. The summed E-state index contributed by atoms with van der Waals surface area (Å²) in [6, 6.07) is 13.9. The molecule has 0 fully saturated rings. The van der Waals surface area contributed by atoms with E-state index in [2.05, 4.69) is 10.6 Å². The van der Waals surface area contributed by atoms with Crippen LogP contribution in [0.1, 0.15) is 25.8 Å². The molecular formula is C19H22N2O4. The molecule has 0 bridgehead atoms. The Balaban J connectivity index is 1.91. The Kier molecular flexibility index (Phi) is 6.39. The topological polar surface area (TPSA) is 87.7 Å². The highest BCUT2D eigenvalue weighted by Gasteiger charge is 2.05. The van der Waals surface area contributed by atoms with E-state index < -0.39 is 5.97 Å². The van der Waals surface area contributed by atoms with Gasteiger partial charge in [0.25, 0.3) is 0 Å². The first-order valence-electron chi connectivity index (χ1n) is 8.08. The number of nitrogens with one attached hydrogen (secondary N) is 2. The first kappa shape index (κ1) is 18.3. The smallest absolute Gasteiger partial charge is 0.323 e. The second kappa shape index (κ2) is 8.73. The van der Waals surface area contributed by atoms with E-state index in [1.165, 1.54) is 0 Å². The van der Waals surface area contributed by atoms with Crippen molar-refractivity contribution in [3.05, 3.63) is 54.1 Å². The average molecular weight is 342 g/mol. The Bertz CT molecular complexity index is 726. The summed E-state index contributed by atoms with van der Waals surface area (Å²) in [5.74, 6) is -0.104.